The van der Waals surface area contributed by atoms with Gasteiger partial charge in [-0.3, -0.25) is 9.48 Å². The average molecular weight is 339 g/mol. The SMILES string of the molecule is O=C(Nc1ccc(N2CCCC2)cn1)c1ccnn1CC(F)(F)F. The number of amides is 1. The van der Waals surface area contributed by atoms with Gasteiger partial charge in [-0.15, -0.1) is 0 Å². The second-order valence-electron chi connectivity index (χ2n) is 5.54. The van der Waals surface area contributed by atoms with Gasteiger partial charge < -0.3 is 10.2 Å². The molecule has 1 fully saturated rings. The zero-order chi connectivity index (χ0) is 17.2. The molecule has 2 aromatic heterocycles. The van der Waals surface area contributed by atoms with Crippen LogP contribution in [0.25, 0.3) is 0 Å². The van der Waals surface area contributed by atoms with Crippen molar-refractivity contribution in [1.29, 1.82) is 0 Å². The van der Waals surface area contributed by atoms with Crippen LogP contribution in [0.2, 0.25) is 0 Å². The molecule has 0 bridgehead atoms. The maximum atomic E-state index is 12.5. The van der Waals surface area contributed by atoms with Gasteiger partial charge >= 0.3 is 6.18 Å². The molecular formula is C15H16F3N5O. The fourth-order valence-corrected chi connectivity index (χ4v) is 2.62. The lowest BCUT2D eigenvalue weighted by Gasteiger charge is -2.17. The molecule has 3 rings (SSSR count). The number of carbonyl (C=O) groups excluding carboxylic acids is 1. The van der Waals surface area contributed by atoms with Crippen molar-refractivity contribution in [2.45, 2.75) is 25.6 Å². The van der Waals surface area contributed by atoms with E-state index < -0.39 is 18.6 Å². The normalized spacial score (nSPS) is 14.9. The summed E-state index contributed by atoms with van der Waals surface area (Å²) in [6, 6.07) is 4.70. The number of nitrogens with zero attached hydrogens (tertiary/aromatic N) is 4. The minimum atomic E-state index is -4.45. The summed E-state index contributed by atoms with van der Waals surface area (Å²) in [4.78, 5) is 18.5. The summed E-state index contributed by atoms with van der Waals surface area (Å²) in [5.41, 5.74) is 0.797. The number of anilines is 2. The average Bonchev–Trinajstić information content (AvgIpc) is 3.17. The molecule has 0 spiro atoms. The van der Waals surface area contributed by atoms with Gasteiger partial charge in [-0.25, -0.2) is 4.98 Å². The summed E-state index contributed by atoms with van der Waals surface area (Å²) in [5, 5.41) is 6.03. The van der Waals surface area contributed by atoms with Gasteiger partial charge in [0.2, 0.25) is 0 Å². The quantitative estimate of drug-likeness (QED) is 0.930. The number of aromatic nitrogens is 3. The molecule has 0 unspecified atom stereocenters. The molecule has 0 aromatic carbocycles. The summed E-state index contributed by atoms with van der Waals surface area (Å²) < 4.78 is 38.0. The molecule has 0 saturated carbocycles. The summed E-state index contributed by atoms with van der Waals surface area (Å²) >= 11 is 0. The van der Waals surface area contributed by atoms with Crippen LogP contribution in [-0.2, 0) is 6.54 Å². The van der Waals surface area contributed by atoms with E-state index in [4.69, 9.17) is 0 Å². The largest absolute Gasteiger partial charge is 0.408 e. The van der Waals surface area contributed by atoms with Crippen LogP contribution < -0.4 is 10.2 Å². The zero-order valence-corrected chi connectivity index (χ0v) is 12.8. The van der Waals surface area contributed by atoms with Gasteiger partial charge in [-0.2, -0.15) is 18.3 Å². The van der Waals surface area contributed by atoms with Gasteiger partial charge in [-0.05, 0) is 31.0 Å². The predicted octanol–water partition coefficient (Wildman–Crippen LogP) is 2.69. The van der Waals surface area contributed by atoms with Crippen molar-refractivity contribution < 1.29 is 18.0 Å². The molecule has 1 N–H and O–H groups in total. The van der Waals surface area contributed by atoms with Gasteiger partial charge in [0, 0.05) is 19.3 Å². The van der Waals surface area contributed by atoms with Crippen molar-refractivity contribution in [3.8, 4) is 0 Å². The number of pyridine rings is 1. The summed E-state index contributed by atoms with van der Waals surface area (Å²) in [7, 11) is 0. The standard InChI is InChI=1S/C15H16F3N5O/c16-15(17,18)10-23-12(5-6-20-23)14(24)21-13-4-3-11(9-19-13)22-7-1-2-8-22/h3-6,9H,1-2,7-8,10H2,(H,19,21,24). The van der Waals surface area contributed by atoms with Crippen LogP contribution >= 0.6 is 0 Å². The number of rotatable bonds is 4. The van der Waals surface area contributed by atoms with Gasteiger partial charge in [-0.1, -0.05) is 0 Å². The molecule has 24 heavy (non-hydrogen) atoms. The molecule has 2 aromatic rings. The van der Waals surface area contributed by atoms with E-state index in [9.17, 15) is 18.0 Å². The molecular weight excluding hydrogens is 323 g/mol. The Balaban J connectivity index is 1.68. The first-order valence-corrected chi connectivity index (χ1v) is 7.53. The minimum Gasteiger partial charge on any atom is -0.370 e. The minimum absolute atomic E-state index is 0.169. The van der Waals surface area contributed by atoms with Crippen molar-refractivity contribution in [3.05, 3.63) is 36.3 Å². The Morgan fingerprint density at radius 3 is 2.58 bits per heavy atom. The number of hydrogen-bond donors (Lipinski definition) is 1. The van der Waals surface area contributed by atoms with Gasteiger partial charge in [0.05, 0.1) is 11.9 Å². The second-order valence-corrected chi connectivity index (χ2v) is 5.54. The molecule has 1 amide bonds. The van der Waals surface area contributed by atoms with E-state index in [0.717, 1.165) is 37.8 Å². The molecule has 9 heteroatoms. The Bertz CT molecular complexity index is 705. The lowest BCUT2D eigenvalue weighted by molar-refractivity contribution is -0.142. The first-order chi connectivity index (χ1) is 11.4. The van der Waals surface area contributed by atoms with E-state index in [1.54, 1.807) is 12.3 Å². The summed E-state index contributed by atoms with van der Waals surface area (Å²) in [6.45, 7) is 0.637. The first kappa shape index (κ1) is 16.3. The van der Waals surface area contributed by atoms with Gasteiger partial charge in [0.15, 0.2) is 0 Å². The number of hydrogen-bond acceptors (Lipinski definition) is 4. The predicted molar refractivity (Wildman–Crippen MR) is 81.9 cm³/mol. The molecule has 128 valence electrons. The Labute approximate surface area is 136 Å². The van der Waals surface area contributed by atoms with E-state index in [1.807, 2.05) is 6.07 Å². The van der Waals surface area contributed by atoms with Crippen molar-refractivity contribution in [2.24, 2.45) is 0 Å². The van der Waals surface area contributed by atoms with Gasteiger partial charge in [0.25, 0.3) is 5.91 Å². The molecule has 1 aliphatic heterocycles. The van der Waals surface area contributed by atoms with Gasteiger partial charge in [0.1, 0.15) is 18.1 Å². The van der Waals surface area contributed by atoms with E-state index in [1.165, 1.54) is 6.07 Å². The number of carbonyl (C=O) groups is 1. The van der Waals surface area contributed by atoms with Crippen LogP contribution in [0.15, 0.2) is 30.6 Å². The highest BCUT2D eigenvalue weighted by Gasteiger charge is 2.30. The molecule has 0 radical (unpaired) electrons. The van der Waals surface area contributed by atoms with Crippen LogP contribution in [0.5, 0.6) is 0 Å². The first-order valence-electron chi connectivity index (χ1n) is 7.53. The number of alkyl halides is 3. The van der Waals surface area contributed by atoms with E-state index in [0.29, 0.717) is 4.68 Å². The fraction of sp³-hybridized carbons (Fsp3) is 0.400. The summed E-state index contributed by atoms with van der Waals surface area (Å²) in [5.74, 6) is -0.402. The highest BCUT2D eigenvalue weighted by Crippen LogP contribution is 2.21. The van der Waals surface area contributed by atoms with Crippen LogP contribution in [0, 0.1) is 0 Å². The Kier molecular flexibility index (Phi) is 4.41. The molecule has 3 heterocycles. The third-order valence-corrected chi connectivity index (χ3v) is 3.74. The van der Waals surface area contributed by atoms with E-state index in [-0.39, 0.29) is 11.5 Å². The maximum absolute atomic E-state index is 12.5. The van der Waals surface area contributed by atoms with E-state index >= 15 is 0 Å². The molecule has 0 aliphatic carbocycles. The van der Waals surface area contributed by atoms with Crippen molar-refractivity contribution in [3.63, 3.8) is 0 Å². The highest BCUT2D eigenvalue weighted by molar-refractivity contribution is 6.02. The maximum Gasteiger partial charge on any atom is 0.408 e. The molecule has 0 atom stereocenters. The Morgan fingerprint density at radius 2 is 1.96 bits per heavy atom. The monoisotopic (exact) mass is 339 g/mol. The van der Waals surface area contributed by atoms with Crippen molar-refractivity contribution in [2.75, 3.05) is 23.3 Å². The van der Waals surface area contributed by atoms with Crippen LogP contribution in [-0.4, -0.2) is 39.9 Å². The van der Waals surface area contributed by atoms with Crippen LogP contribution in [0.4, 0.5) is 24.7 Å². The molecule has 1 saturated heterocycles. The highest BCUT2D eigenvalue weighted by atomic mass is 19.4. The second kappa shape index (κ2) is 6.50. The molecule has 6 nitrogen and oxygen atoms in total. The summed E-state index contributed by atoms with van der Waals surface area (Å²) in [6.07, 6.45) is 0.637. The Hall–Kier alpha value is -2.58. The smallest absolute Gasteiger partial charge is 0.370 e. The lowest BCUT2D eigenvalue weighted by Crippen LogP contribution is -2.24. The Morgan fingerprint density at radius 1 is 1.21 bits per heavy atom. The third kappa shape index (κ3) is 3.84. The number of nitrogens with one attached hydrogen (secondary N) is 1. The van der Waals surface area contributed by atoms with Crippen molar-refractivity contribution >= 4 is 17.4 Å². The zero-order valence-electron chi connectivity index (χ0n) is 12.8. The van der Waals surface area contributed by atoms with Crippen LogP contribution in [0.1, 0.15) is 23.3 Å². The van der Waals surface area contributed by atoms with Crippen LogP contribution in [0.3, 0.4) is 0 Å². The van der Waals surface area contributed by atoms with E-state index in [2.05, 4.69) is 20.3 Å². The third-order valence-electron chi connectivity index (χ3n) is 3.74. The van der Waals surface area contributed by atoms with Crippen molar-refractivity contribution in [1.82, 2.24) is 14.8 Å². The number of halogens is 3. The molecule has 1 aliphatic rings. The lowest BCUT2D eigenvalue weighted by atomic mass is 10.3. The topological polar surface area (TPSA) is 63.1 Å². The fourth-order valence-electron chi connectivity index (χ4n) is 2.62.